The largest absolute Gasteiger partial charge is 0.493 e. The van der Waals surface area contributed by atoms with Gasteiger partial charge in [-0.2, -0.15) is 0 Å². The highest BCUT2D eigenvalue weighted by atomic mass is 16.5. The van der Waals surface area contributed by atoms with E-state index in [1.54, 1.807) is 42.5 Å². The van der Waals surface area contributed by atoms with Gasteiger partial charge < -0.3 is 29.1 Å². The van der Waals surface area contributed by atoms with Gasteiger partial charge in [-0.1, -0.05) is 6.07 Å². The average molecular weight is 461 g/mol. The van der Waals surface area contributed by atoms with Crippen molar-refractivity contribution in [2.24, 2.45) is 5.73 Å². The molecule has 0 radical (unpaired) electrons. The van der Waals surface area contributed by atoms with Crippen LogP contribution in [0, 0.1) is 0 Å². The Bertz CT molecular complexity index is 1340. The zero-order chi connectivity index (χ0) is 23.8. The molecule has 3 heterocycles. The molecule has 34 heavy (non-hydrogen) atoms. The summed E-state index contributed by atoms with van der Waals surface area (Å²) in [4.78, 5) is 36.6. The van der Waals surface area contributed by atoms with Crippen LogP contribution in [0.5, 0.6) is 23.0 Å². The topological polar surface area (TPSA) is 127 Å². The van der Waals surface area contributed by atoms with Crippen molar-refractivity contribution in [3.63, 3.8) is 0 Å². The van der Waals surface area contributed by atoms with Crippen LogP contribution in [0.3, 0.4) is 0 Å². The standard InChI is InChI=1S/C25H19NO8/c1-30-17-6-4-13(9-19(17)32-12-21(26)27)16-11-22(28)33-18-7-5-15-24(29)20(34-25(15)23(16)18)10-14-3-2-8-31-14/h2-10,16H,11-12H2,1H3,(H2,26,27). The van der Waals surface area contributed by atoms with Gasteiger partial charge in [-0.05, 0) is 42.0 Å². The number of ketones is 1. The van der Waals surface area contributed by atoms with E-state index in [9.17, 15) is 14.4 Å². The normalized spacial score (nSPS) is 17.6. The van der Waals surface area contributed by atoms with Crippen molar-refractivity contribution in [2.75, 3.05) is 13.7 Å². The van der Waals surface area contributed by atoms with Crippen LogP contribution in [0.2, 0.25) is 0 Å². The molecule has 1 atom stereocenters. The first kappa shape index (κ1) is 21.3. The summed E-state index contributed by atoms with van der Waals surface area (Å²) in [5.74, 6) is 0.0422. The highest BCUT2D eigenvalue weighted by Crippen LogP contribution is 2.49. The molecule has 9 nitrogen and oxygen atoms in total. The summed E-state index contributed by atoms with van der Waals surface area (Å²) < 4.78 is 27.5. The number of nitrogens with two attached hydrogens (primary N) is 1. The molecule has 172 valence electrons. The van der Waals surface area contributed by atoms with E-state index in [0.717, 1.165) is 0 Å². The van der Waals surface area contributed by atoms with E-state index in [1.807, 2.05) is 0 Å². The number of allylic oxidation sites excluding steroid dienone is 1. The van der Waals surface area contributed by atoms with E-state index in [2.05, 4.69) is 0 Å². The molecule has 1 unspecified atom stereocenters. The van der Waals surface area contributed by atoms with Gasteiger partial charge in [-0.3, -0.25) is 14.4 Å². The lowest BCUT2D eigenvalue weighted by atomic mass is 9.84. The first-order chi connectivity index (χ1) is 16.4. The third-order valence-electron chi connectivity index (χ3n) is 5.56. The third-order valence-corrected chi connectivity index (χ3v) is 5.56. The lowest BCUT2D eigenvalue weighted by molar-refractivity contribution is -0.135. The van der Waals surface area contributed by atoms with Crippen LogP contribution in [0.1, 0.15) is 39.6 Å². The van der Waals surface area contributed by atoms with Crippen LogP contribution in [0.25, 0.3) is 6.08 Å². The first-order valence-electron chi connectivity index (χ1n) is 10.4. The molecule has 0 saturated heterocycles. The Kier molecular flexibility index (Phi) is 5.29. The molecule has 9 heteroatoms. The van der Waals surface area contributed by atoms with E-state index in [4.69, 9.17) is 29.1 Å². The minimum Gasteiger partial charge on any atom is -0.493 e. The number of benzene rings is 2. The molecule has 2 N–H and O–H groups in total. The summed E-state index contributed by atoms with van der Waals surface area (Å²) in [6.07, 6.45) is 3.03. The van der Waals surface area contributed by atoms with Crippen molar-refractivity contribution in [3.8, 4) is 23.0 Å². The zero-order valence-corrected chi connectivity index (χ0v) is 18.0. The van der Waals surface area contributed by atoms with Gasteiger partial charge in [0.25, 0.3) is 5.91 Å². The molecule has 0 aliphatic carbocycles. The Balaban J connectivity index is 1.59. The van der Waals surface area contributed by atoms with E-state index in [-0.39, 0.29) is 24.6 Å². The van der Waals surface area contributed by atoms with Gasteiger partial charge in [0.05, 0.1) is 25.4 Å². The Morgan fingerprint density at radius 1 is 1.15 bits per heavy atom. The molecule has 1 amide bonds. The maximum absolute atomic E-state index is 13.0. The molecule has 2 aliphatic heterocycles. The Labute approximate surface area is 193 Å². The van der Waals surface area contributed by atoms with Gasteiger partial charge in [0.1, 0.15) is 17.3 Å². The number of hydrogen-bond acceptors (Lipinski definition) is 8. The molecular formula is C25H19NO8. The lowest BCUT2D eigenvalue weighted by Gasteiger charge is -2.26. The fourth-order valence-corrected chi connectivity index (χ4v) is 4.07. The summed E-state index contributed by atoms with van der Waals surface area (Å²) in [7, 11) is 1.47. The molecule has 2 aliphatic rings. The van der Waals surface area contributed by atoms with Gasteiger partial charge in [-0.15, -0.1) is 0 Å². The second-order valence-corrected chi connectivity index (χ2v) is 7.71. The fourth-order valence-electron chi connectivity index (χ4n) is 4.07. The van der Waals surface area contributed by atoms with E-state index in [1.165, 1.54) is 19.4 Å². The molecule has 0 spiro atoms. The number of carbonyl (C=O) groups excluding carboxylic acids is 3. The van der Waals surface area contributed by atoms with E-state index in [0.29, 0.717) is 45.4 Å². The number of methoxy groups -OCH3 is 1. The molecular weight excluding hydrogens is 442 g/mol. The number of primary amides is 1. The maximum atomic E-state index is 13.0. The number of furan rings is 1. The van der Waals surface area contributed by atoms with Gasteiger partial charge in [0.15, 0.2) is 23.9 Å². The highest BCUT2D eigenvalue weighted by Gasteiger charge is 2.38. The smallest absolute Gasteiger partial charge is 0.312 e. The van der Waals surface area contributed by atoms with Crippen LogP contribution < -0.4 is 24.7 Å². The van der Waals surface area contributed by atoms with Crippen molar-refractivity contribution in [2.45, 2.75) is 12.3 Å². The number of amides is 1. The first-order valence-corrected chi connectivity index (χ1v) is 10.4. The number of fused-ring (bicyclic) bond motifs is 3. The Hall–Kier alpha value is -4.53. The van der Waals surface area contributed by atoms with Crippen LogP contribution in [0.4, 0.5) is 0 Å². The number of esters is 1. The van der Waals surface area contributed by atoms with Crippen molar-refractivity contribution < 1.29 is 37.7 Å². The molecule has 3 aromatic rings. The van der Waals surface area contributed by atoms with Crippen LogP contribution >= 0.6 is 0 Å². The molecule has 2 aromatic carbocycles. The maximum Gasteiger partial charge on any atom is 0.312 e. The third kappa shape index (κ3) is 3.77. The summed E-state index contributed by atoms with van der Waals surface area (Å²) in [5, 5.41) is 0. The summed E-state index contributed by atoms with van der Waals surface area (Å²) in [5.41, 5.74) is 6.82. The predicted octanol–water partition coefficient (Wildman–Crippen LogP) is 3.21. The molecule has 0 saturated carbocycles. The number of rotatable bonds is 6. The van der Waals surface area contributed by atoms with E-state index < -0.39 is 17.8 Å². The van der Waals surface area contributed by atoms with Gasteiger partial charge in [0, 0.05) is 17.6 Å². The van der Waals surface area contributed by atoms with Crippen molar-refractivity contribution in [1.29, 1.82) is 0 Å². The number of Topliss-reactive ketones (excluding diaryl/α,β-unsaturated/α-hetero) is 1. The Morgan fingerprint density at radius 2 is 2.00 bits per heavy atom. The second kappa shape index (κ2) is 8.43. The van der Waals surface area contributed by atoms with Gasteiger partial charge in [0.2, 0.25) is 5.78 Å². The monoisotopic (exact) mass is 461 g/mol. The van der Waals surface area contributed by atoms with Crippen LogP contribution in [0.15, 0.2) is 58.9 Å². The quantitative estimate of drug-likeness (QED) is 0.337. The van der Waals surface area contributed by atoms with Crippen molar-refractivity contribution >= 4 is 23.7 Å². The van der Waals surface area contributed by atoms with Gasteiger partial charge >= 0.3 is 5.97 Å². The number of carbonyl (C=O) groups is 3. The lowest BCUT2D eigenvalue weighted by Crippen LogP contribution is -2.22. The molecule has 5 rings (SSSR count). The van der Waals surface area contributed by atoms with Crippen LogP contribution in [-0.4, -0.2) is 31.4 Å². The molecule has 1 aromatic heterocycles. The SMILES string of the molecule is COc1ccc(C2CC(=O)Oc3ccc4c(c32)OC(=Cc2ccco2)C4=O)cc1OCC(N)=O. The fraction of sp³-hybridized carbons (Fsp3) is 0.160. The van der Waals surface area contributed by atoms with Crippen LogP contribution in [-0.2, 0) is 9.59 Å². The van der Waals surface area contributed by atoms with Crippen molar-refractivity contribution in [1.82, 2.24) is 0 Å². The highest BCUT2D eigenvalue weighted by molar-refractivity contribution is 6.15. The molecule has 0 bridgehead atoms. The minimum atomic E-state index is -0.639. The summed E-state index contributed by atoms with van der Waals surface area (Å²) in [6, 6.07) is 11.7. The second-order valence-electron chi connectivity index (χ2n) is 7.71. The Morgan fingerprint density at radius 3 is 2.74 bits per heavy atom. The zero-order valence-electron chi connectivity index (χ0n) is 18.0. The van der Waals surface area contributed by atoms with Gasteiger partial charge in [-0.25, -0.2) is 0 Å². The summed E-state index contributed by atoms with van der Waals surface area (Å²) >= 11 is 0. The minimum absolute atomic E-state index is 0.0137. The number of hydrogen-bond donors (Lipinski definition) is 1. The van der Waals surface area contributed by atoms with E-state index >= 15 is 0 Å². The predicted molar refractivity (Wildman–Crippen MR) is 118 cm³/mol. The summed E-state index contributed by atoms with van der Waals surface area (Å²) in [6.45, 7) is -0.336. The number of ether oxygens (including phenoxy) is 4. The average Bonchev–Trinajstić information content (AvgIpc) is 3.45. The van der Waals surface area contributed by atoms with Crippen molar-refractivity contribution in [3.05, 3.63) is 76.9 Å². The molecule has 0 fully saturated rings.